The summed E-state index contributed by atoms with van der Waals surface area (Å²) in [6.45, 7) is 0. The number of carbonyl (C=O) groups excluding carboxylic acids is 2. The molecule has 1 saturated heterocycles. The Morgan fingerprint density at radius 1 is 1.09 bits per heavy atom. The van der Waals surface area contributed by atoms with Crippen molar-refractivity contribution in [2.45, 2.75) is 12.8 Å². The molecule has 4 aliphatic rings. The summed E-state index contributed by atoms with van der Waals surface area (Å²) in [5.41, 5.74) is -0.304. The van der Waals surface area contributed by atoms with Gasteiger partial charge < -0.3 is 0 Å². The van der Waals surface area contributed by atoms with Gasteiger partial charge in [0.15, 0.2) is 0 Å². The minimum Gasteiger partial charge on any atom is -0.274 e. The molecule has 2 fully saturated rings. The second-order valence-electron chi connectivity index (χ2n) is 6.24. The Morgan fingerprint density at radius 2 is 1.65 bits per heavy atom. The van der Waals surface area contributed by atoms with Crippen LogP contribution in [0.1, 0.15) is 12.8 Å². The number of benzene rings is 1. The van der Waals surface area contributed by atoms with Crippen molar-refractivity contribution in [1.82, 2.24) is 0 Å². The number of amides is 2. The smallest absolute Gasteiger partial charge is 0.274 e. The first-order valence-corrected chi connectivity index (χ1v) is 7.87. The van der Waals surface area contributed by atoms with E-state index in [9.17, 15) is 19.7 Å². The lowest BCUT2D eigenvalue weighted by Crippen LogP contribution is -2.38. The number of nitro groups is 1. The van der Waals surface area contributed by atoms with Crippen molar-refractivity contribution < 1.29 is 14.5 Å². The molecule has 1 saturated carbocycles. The molecule has 0 spiro atoms. The average molecular weight is 333 g/mol. The Hall–Kier alpha value is -2.21. The van der Waals surface area contributed by atoms with Crippen LogP contribution in [0.2, 0.25) is 5.02 Å². The Kier molecular flexibility index (Phi) is 3.06. The summed E-state index contributed by atoms with van der Waals surface area (Å²) in [6.07, 6.45) is 5.80. The zero-order chi connectivity index (χ0) is 16.3. The molecule has 2 bridgehead atoms. The molecule has 23 heavy (non-hydrogen) atoms. The number of hydrogen-bond acceptors (Lipinski definition) is 4. The predicted octanol–water partition coefficient (Wildman–Crippen LogP) is 2.95. The molecule has 5 rings (SSSR count). The standard InChI is InChI=1S/C16H13ClN2O4/c17-10-5-6-11(12(7-10)19(22)23)18-15(20)13-8-1-2-9(4-3-8)14(13)16(18)21/h1-2,5-9,13-14H,3-4H2. The highest BCUT2D eigenvalue weighted by Crippen LogP contribution is 2.51. The fraction of sp³-hybridized carbons (Fsp3) is 0.375. The van der Waals surface area contributed by atoms with Gasteiger partial charge in [0, 0.05) is 11.1 Å². The van der Waals surface area contributed by atoms with Crippen molar-refractivity contribution in [3.8, 4) is 0 Å². The zero-order valence-corrected chi connectivity index (χ0v) is 12.8. The van der Waals surface area contributed by atoms with Crippen molar-refractivity contribution in [2.24, 2.45) is 23.7 Å². The predicted molar refractivity (Wildman–Crippen MR) is 82.9 cm³/mol. The van der Waals surface area contributed by atoms with Crippen molar-refractivity contribution >= 4 is 34.8 Å². The number of allylic oxidation sites excluding steroid dienone is 2. The van der Waals surface area contributed by atoms with Gasteiger partial charge in [0.1, 0.15) is 5.69 Å². The minimum absolute atomic E-state index is 0.0169. The van der Waals surface area contributed by atoms with Crippen molar-refractivity contribution in [2.75, 3.05) is 4.90 Å². The van der Waals surface area contributed by atoms with E-state index < -0.39 is 4.92 Å². The molecule has 2 amide bonds. The van der Waals surface area contributed by atoms with Gasteiger partial charge in [-0.2, -0.15) is 0 Å². The third-order valence-electron chi connectivity index (χ3n) is 5.13. The molecule has 1 aromatic carbocycles. The Balaban J connectivity index is 1.81. The Morgan fingerprint density at radius 3 is 2.13 bits per heavy atom. The first kappa shape index (κ1) is 14.4. The van der Waals surface area contributed by atoms with E-state index in [0.29, 0.717) is 0 Å². The minimum atomic E-state index is -0.614. The van der Waals surface area contributed by atoms with Gasteiger partial charge in [-0.1, -0.05) is 23.8 Å². The van der Waals surface area contributed by atoms with Crippen LogP contribution in [-0.2, 0) is 9.59 Å². The lowest BCUT2D eigenvalue weighted by atomic mass is 9.63. The largest absolute Gasteiger partial charge is 0.294 e. The number of halogens is 1. The SMILES string of the molecule is O=C1C2C3C=CC(CC3)C2C(=O)N1c1ccc(Cl)cc1[N+](=O)[O-]. The van der Waals surface area contributed by atoms with Gasteiger partial charge in [0.05, 0.1) is 16.8 Å². The number of anilines is 1. The highest BCUT2D eigenvalue weighted by molar-refractivity contribution is 6.31. The normalized spacial score (nSPS) is 31.6. The van der Waals surface area contributed by atoms with Crippen LogP contribution in [0.15, 0.2) is 30.4 Å². The van der Waals surface area contributed by atoms with Crippen molar-refractivity contribution in [3.63, 3.8) is 0 Å². The molecule has 3 aliphatic carbocycles. The third kappa shape index (κ3) is 1.94. The van der Waals surface area contributed by atoms with E-state index in [1.165, 1.54) is 18.2 Å². The number of imide groups is 1. The van der Waals surface area contributed by atoms with E-state index >= 15 is 0 Å². The quantitative estimate of drug-likeness (QED) is 0.361. The second kappa shape index (κ2) is 4.89. The molecule has 1 aromatic rings. The topological polar surface area (TPSA) is 80.5 Å². The van der Waals surface area contributed by atoms with Crippen LogP contribution in [0.25, 0.3) is 0 Å². The van der Waals surface area contributed by atoms with Crippen LogP contribution >= 0.6 is 11.6 Å². The molecule has 4 unspecified atom stereocenters. The molecule has 6 nitrogen and oxygen atoms in total. The van der Waals surface area contributed by atoms with Gasteiger partial charge in [0.25, 0.3) is 5.69 Å². The molecule has 0 aromatic heterocycles. The summed E-state index contributed by atoms with van der Waals surface area (Å²) < 4.78 is 0. The Bertz CT molecular complexity index is 743. The molecule has 4 atom stereocenters. The fourth-order valence-corrected chi connectivity index (χ4v) is 4.31. The fourth-order valence-electron chi connectivity index (χ4n) is 4.14. The summed E-state index contributed by atoms with van der Waals surface area (Å²) >= 11 is 5.82. The molecule has 0 radical (unpaired) electrons. The van der Waals surface area contributed by atoms with Gasteiger partial charge in [-0.25, -0.2) is 4.90 Å². The van der Waals surface area contributed by atoms with E-state index in [2.05, 4.69) is 0 Å². The number of rotatable bonds is 2. The third-order valence-corrected chi connectivity index (χ3v) is 5.37. The highest BCUT2D eigenvalue weighted by atomic mass is 35.5. The van der Waals surface area contributed by atoms with E-state index in [4.69, 9.17) is 11.6 Å². The van der Waals surface area contributed by atoms with E-state index in [-0.39, 0.29) is 51.9 Å². The summed E-state index contributed by atoms with van der Waals surface area (Å²) in [4.78, 5) is 37.3. The number of nitrogens with zero attached hydrogens (tertiary/aromatic N) is 2. The number of nitro benzene ring substituents is 1. The first-order chi connectivity index (χ1) is 11.0. The lowest BCUT2D eigenvalue weighted by Gasteiger charge is -2.38. The lowest BCUT2D eigenvalue weighted by molar-refractivity contribution is -0.384. The van der Waals surface area contributed by atoms with Gasteiger partial charge in [-0.3, -0.25) is 19.7 Å². The maximum atomic E-state index is 12.8. The maximum Gasteiger partial charge on any atom is 0.294 e. The van der Waals surface area contributed by atoms with Crippen LogP contribution in [0.5, 0.6) is 0 Å². The Labute approximate surface area is 136 Å². The molecule has 0 N–H and O–H groups in total. The van der Waals surface area contributed by atoms with Gasteiger partial charge in [-0.05, 0) is 36.8 Å². The van der Waals surface area contributed by atoms with E-state index in [1.54, 1.807) is 0 Å². The van der Waals surface area contributed by atoms with Crippen molar-refractivity contribution in [3.05, 3.63) is 45.5 Å². The summed E-state index contributed by atoms with van der Waals surface area (Å²) in [6, 6.07) is 4.01. The van der Waals surface area contributed by atoms with Crippen LogP contribution in [-0.4, -0.2) is 16.7 Å². The molecule has 7 heteroatoms. The van der Waals surface area contributed by atoms with Crippen LogP contribution in [0.4, 0.5) is 11.4 Å². The van der Waals surface area contributed by atoms with Gasteiger partial charge >= 0.3 is 0 Å². The molecular formula is C16H13ClN2O4. The van der Waals surface area contributed by atoms with Crippen LogP contribution < -0.4 is 4.90 Å². The zero-order valence-electron chi connectivity index (χ0n) is 12.0. The molecule has 118 valence electrons. The summed E-state index contributed by atoms with van der Waals surface area (Å²) in [5, 5.41) is 11.5. The molecule has 1 aliphatic heterocycles. The van der Waals surface area contributed by atoms with Crippen molar-refractivity contribution in [1.29, 1.82) is 0 Å². The first-order valence-electron chi connectivity index (χ1n) is 7.49. The second-order valence-corrected chi connectivity index (χ2v) is 6.68. The molecular weight excluding hydrogens is 320 g/mol. The van der Waals surface area contributed by atoms with Crippen LogP contribution in [0, 0.1) is 33.8 Å². The van der Waals surface area contributed by atoms with E-state index in [1.807, 2.05) is 12.2 Å². The monoisotopic (exact) mass is 332 g/mol. The number of hydrogen-bond donors (Lipinski definition) is 0. The van der Waals surface area contributed by atoms with Gasteiger partial charge in [0.2, 0.25) is 11.8 Å². The summed E-state index contributed by atoms with van der Waals surface area (Å²) in [5.74, 6) is -1.33. The maximum absolute atomic E-state index is 12.8. The average Bonchev–Trinajstić information content (AvgIpc) is 2.82. The van der Waals surface area contributed by atoms with Crippen LogP contribution in [0.3, 0.4) is 0 Å². The number of fused-ring (bicyclic) bond motifs is 1. The highest BCUT2D eigenvalue weighted by Gasteiger charge is 2.57. The summed E-state index contributed by atoms with van der Waals surface area (Å²) in [7, 11) is 0. The van der Waals surface area contributed by atoms with Gasteiger partial charge in [-0.15, -0.1) is 0 Å². The van der Waals surface area contributed by atoms with E-state index in [0.717, 1.165) is 17.7 Å². The number of carbonyl (C=O) groups is 2. The molecule has 1 heterocycles.